The third-order valence-corrected chi connectivity index (χ3v) is 6.73. The molecule has 1 aliphatic heterocycles. The molecule has 0 fully saturated rings. The summed E-state index contributed by atoms with van der Waals surface area (Å²) in [5, 5.41) is 18.4. The van der Waals surface area contributed by atoms with Crippen molar-refractivity contribution in [2.24, 2.45) is 7.05 Å². The Labute approximate surface area is 202 Å². The van der Waals surface area contributed by atoms with Crippen molar-refractivity contribution >= 4 is 22.4 Å². The second-order valence-electron chi connectivity index (χ2n) is 9.40. The summed E-state index contributed by atoms with van der Waals surface area (Å²) < 4.78 is 30.1. The average Bonchev–Trinajstić information content (AvgIpc) is 3.47. The number of aromatic amines is 1. The van der Waals surface area contributed by atoms with Crippen LogP contribution in [0.1, 0.15) is 61.2 Å². The maximum atomic E-state index is 14.2. The molecule has 0 aliphatic carbocycles. The van der Waals surface area contributed by atoms with Gasteiger partial charge in [0.15, 0.2) is 0 Å². The third kappa shape index (κ3) is 4.08. The first-order valence-electron chi connectivity index (χ1n) is 11.9. The molecule has 35 heavy (non-hydrogen) atoms. The molecule has 0 radical (unpaired) electrons. The fraction of sp³-hybridized carbons (Fsp3) is 0.385. The number of benzene rings is 1. The highest BCUT2D eigenvalue weighted by atomic mass is 19.3. The largest absolute Gasteiger partial charge is 0.374 e. The number of halogens is 2. The van der Waals surface area contributed by atoms with Gasteiger partial charge in [0.25, 0.3) is 6.43 Å². The molecule has 1 atom stereocenters. The Morgan fingerprint density at radius 1 is 1.17 bits per heavy atom. The number of hydrogen-bond acceptors (Lipinski definition) is 5. The van der Waals surface area contributed by atoms with E-state index in [1.807, 2.05) is 17.0 Å². The van der Waals surface area contributed by atoms with Gasteiger partial charge in [0.2, 0.25) is 0 Å². The molecule has 0 saturated carbocycles. The van der Waals surface area contributed by atoms with Crippen LogP contribution in [0.25, 0.3) is 22.0 Å². The van der Waals surface area contributed by atoms with Crippen molar-refractivity contribution in [3.05, 3.63) is 59.2 Å². The van der Waals surface area contributed by atoms with Crippen LogP contribution in [0.15, 0.2) is 36.8 Å². The zero-order valence-corrected chi connectivity index (χ0v) is 20.3. The highest BCUT2D eigenvalue weighted by Crippen LogP contribution is 2.42. The summed E-state index contributed by atoms with van der Waals surface area (Å²) in [5.74, 6) is 0.824. The zero-order valence-electron chi connectivity index (χ0n) is 20.3. The zero-order chi connectivity index (χ0) is 24.9. The average molecular weight is 481 g/mol. The van der Waals surface area contributed by atoms with Gasteiger partial charge in [0, 0.05) is 53.8 Å². The summed E-state index contributed by atoms with van der Waals surface area (Å²) in [7, 11) is 3.47. The number of aliphatic hydroxyl groups excluding tert-OH is 1. The maximum absolute atomic E-state index is 14.2. The van der Waals surface area contributed by atoms with E-state index in [1.54, 1.807) is 43.4 Å². The number of aromatic nitrogens is 4. The predicted molar refractivity (Wildman–Crippen MR) is 133 cm³/mol. The van der Waals surface area contributed by atoms with E-state index < -0.39 is 12.7 Å². The van der Waals surface area contributed by atoms with Crippen LogP contribution in [-0.4, -0.2) is 38.4 Å². The van der Waals surface area contributed by atoms with Gasteiger partial charge >= 0.3 is 0 Å². The Bertz CT molecular complexity index is 1380. The number of rotatable bonds is 6. The molecule has 7 nitrogen and oxygen atoms in total. The van der Waals surface area contributed by atoms with Crippen LogP contribution in [-0.2, 0) is 13.5 Å². The summed E-state index contributed by atoms with van der Waals surface area (Å²) in [6, 6.07) is 5.44. The predicted octanol–water partition coefficient (Wildman–Crippen LogP) is 5.32. The van der Waals surface area contributed by atoms with Crippen molar-refractivity contribution in [3.63, 3.8) is 0 Å². The number of nitrogens with one attached hydrogen (secondary N) is 2. The fourth-order valence-corrected chi connectivity index (χ4v) is 4.97. The Morgan fingerprint density at radius 2 is 1.97 bits per heavy atom. The summed E-state index contributed by atoms with van der Waals surface area (Å²) in [6.07, 6.45) is 3.41. The monoisotopic (exact) mass is 480 g/mol. The van der Waals surface area contributed by atoms with Crippen LogP contribution in [0.3, 0.4) is 0 Å². The number of hydrogen-bond donors (Lipinski definition) is 3. The topological polar surface area (TPSA) is 82.0 Å². The minimum absolute atomic E-state index is 0.0123. The minimum atomic E-state index is -2.62. The normalized spacial score (nSPS) is 14.8. The molecule has 1 aromatic carbocycles. The number of anilines is 2. The first-order valence-corrected chi connectivity index (χ1v) is 11.9. The van der Waals surface area contributed by atoms with Crippen molar-refractivity contribution in [2.75, 3.05) is 18.5 Å². The van der Waals surface area contributed by atoms with Crippen molar-refractivity contribution in [2.45, 2.75) is 45.3 Å². The Morgan fingerprint density at radius 3 is 2.63 bits per heavy atom. The lowest BCUT2D eigenvalue weighted by Gasteiger charge is -2.32. The summed E-state index contributed by atoms with van der Waals surface area (Å²) >= 11 is 0. The van der Waals surface area contributed by atoms with Crippen LogP contribution < -0.4 is 10.2 Å². The quantitative estimate of drug-likeness (QED) is 0.326. The van der Waals surface area contributed by atoms with Crippen molar-refractivity contribution in [1.82, 2.24) is 25.1 Å². The molecule has 1 unspecified atom stereocenters. The molecule has 1 aliphatic rings. The van der Waals surface area contributed by atoms with Gasteiger partial charge in [-0.15, -0.1) is 0 Å². The van der Waals surface area contributed by atoms with Crippen molar-refractivity contribution in [1.29, 1.82) is 0 Å². The van der Waals surface area contributed by atoms with E-state index >= 15 is 0 Å². The second-order valence-corrected chi connectivity index (χ2v) is 9.40. The van der Waals surface area contributed by atoms with Gasteiger partial charge in [-0.05, 0) is 55.1 Å². The van der Waals surface area contributed by atoms with E-state index in [9.17, 15) is 13.9 Å². The summed E-state index contributed by atoms with van der Waals surface area (Å²) in [4.78, 5) is 10.3. The fourth-order valence-electron chi connectivity index (χ4n) is 4.97. The molecule has 0 spiro atoms. The number of alkyl halides is 2. The van der Waals surface area contributed by atoms with E-state index in [0.717, 1.165) is 46.3 Å². The van der Waals surface area contributed by atoms with Crippen LogP contribution in [0.4, 0.5) is 20.3 Å². The first-order chi connectivity index (χ1) is 16.8. The van der Waals surface area contributed by atoms with Gasteiger partial charge in [-0.25, -0.2) is 13.8 Å². The number of aryl methyl sites for hydroxylation is 2. The van der Waals surface area contributed by atoms with E-state index in [4.69, 9.17) is 4.98 Å². The molecule has 3 aromatic heterocycles. The van der Waals surface area contributed by atoms with Crippen LogP contribution in [0, 0.1) is 0 Å². The third-order valence-electron chi connectivity index (χ3n) is 6.73. The van der Waals surface area contributed by atoms with Gasteiger partial charge in [-0.3, -0.25) is 10.00 Å². The SMILES string of the molecule is CNC(O)c1c[nH]c2c(C(C)C)nc(N3CCCc4cc(-c5cnn(C)c5)c(C(F)F)cc43)cc12. The number of pyridine rings is 1. The lowest BCUT2D eigenvalue weighted by atomic mass is 9.93. The van der Waals surface area contributed by atoms with Crippen LogP contribution in [0.2, 0.25) is 0 Å². The Hall–Kier alpha value is -3.30. The van der Waals surface area contributed by atoms with E-state index in [-0.39, 0.29) is 11.5 Å². The second kappa shape index (κ2) is 9.05. The molecule has 0 saturated heterocycles. The number of fused-ring (bicyclic) bond motifs is 2. The van der Waals surface area contributed by atoms with E-state index in [2.05, 4.69) is 29.2 Å². The summed E-state index contributed by atoms with van der Waals surface area (Å²) in [6.45, 7) is 4.81. The van der Waals surface area contributed by atoms with Crippen LogP contribution >= 0.6 is 0 Å². The molecular weight excluding hydrogens is 450 g/mol. The number of aliphatic hydroxyl groups is 1. The van der Waals surface area contributed by atoms with Gasteiger partial charge in [-0.1, -0.05) is 13.8 Å². The molecule has 0 amide bonds. The molecule has 3 N–H and O–H groups in total. The molecular formula is C26H30F2N6O. The van der Waals surface area contributed by atoms with E-state index in [1.165, 1.54) is 0 Å². The van der Waals surface area contributed by atoms with Gasteiger partial charge in [0.05, 0.1) is 17.4 Å². The first kappa shape index (κ1) is 23.4. The Balaban J connectivity index is 1.68. The molecule has 4 heterocycles. The smallest absolute Gasteiger partial charge is 0.264 e. The maximum Gasteiger partial charge on any atom is 0.264 e. The lowest BCUT2D eigenvalue weighted by molar-refractivity contribution is 0.150. The molecule has 0 bridgehead atoms. The van der Waals surface area contributed by atoms with Crippen molar-refractivity contribution in [3.8, 4) is 11.1 Å². The molecule has 5 rings (SSSR count). The molecule has 184 valence electrons. The van der Waals surface area contributed by atoms with Gasteiger partial charge in [0.1, 0.15) is 12.0 Å². The summed E-state index contributed by atoms with van der Waals surface area (Å²) in [5.41, 5.74) is 5.44. The highest BCUT2D eigenvalue weighted by molar-refractivity contribution is 5.89. The lowest BCUT2D eigenvalue weighted by Crippen LogP contribution is -2.26. The minimum Gasteiger partial charge on any atom is -0.374 e. The molecule has 4 aromatic rings. The standard InChI is InChI=1S/C26H30F2N6O/c1-14(2)23-24-18(20(12-30-24)26(35)29-3)10-22(32-23)34-7-5-6-15-8-17(16-11-31-33(4)13-16)19(25(27)28)9-21(15)34/h8-14,25-26,29-30,35H,5-7H2,1-4H3. The van der Waals surface area contributed by atoms with Gasteiger partial charge in [-0.2, -0.15) is 5.10 Å². The number of nitrogens with zero attached hydrogens (tertiary/aromatic N) is 4. The van der Waals surface area contributed by atoms with Crippen LogP contribution in [0.5, 0.6) is 0 Å². The van der Waals surface area contributed by atoms with Crippen molar-refractivity contribution < 1.29 is 13.9 Å². The highest BCUT2D eigenvalue weighted by Gasteiger charge is 2.27. The number of H-pyrrole nitrogens is 1. The van der Waals surface area contributed by atoms with Gasteiger partial charge < -0.3 is 15.0 Å². The molecule has 9 heteroatoms. The Kier molecular flexibility index (Phi) is 6.06. The van der Waals surface area contributed by atoms with E-state index in [0.29, 0.717) is 23.5 Å².